The van der Waals surface area contributed by atoms with Gasteiger partial charge in [0.2, 0.25) is 0 Å². The molecule has 14 heteroatoms. The molecule has 3 heterocycles. The number of fused-ring (bicyclic) bond motifs is 1. The van der Waals surface area contributed by atoms with E-state index in [2.05, 4.69) is 10.1 Å². The van der Waals surface area contributed by atoms with E-state index in [-0.39, 0.29) is 30.2 Å². The first-order valence-electron chi connectivity index (χ1n) is 12.0. The first-order valence-corrected chi connectivity index (χ1v) is 12.8. The van der Waals surface area contributed by atoms with Crippen LogP contribution in [0, 0.1) is 0 Å². The van der Waals surface area contributed by atoms with Crippen molar-refractivity contribution in [2.75, 3.05) is 33.4 Å². The summed E-state index contributed by atoms with van der Waals surface area (Å²) in [5, 5.41) is 5.31. The summed E-state index contributed by atoms with van der Waals surface area (Å²) < 4.78 is 91.8. The van der Waals surface area contributed by atoms with Crippen molar-refractivity contribution in [3.63, 3.8) is 0 Å². The number of aromatic nitrogens is 2. The van der Waals surface area contributed by atoms with Crippen LogP contribution in [-0.2, 0) is 33.2 Å². The normalized spacial score (nSPS) is 19.6. The van der Waals surface area contributed by atoms with Crippen LogP contribution in [0.4, 0.5) is 26.3 Å². The maximum Gasteiger partial charge on any atom is 0.416 e. The second-order valence-electron chi connectivity index (χ2n) is 9.19. The van der Waals surface area contributed by atoms with E-state index in [0.717, 1.165) is 6.07 Å². The molecular formula is C26H22F6N4O3S. The van der Waals surface area contributed by atoms with Gasteiger partial charge in [0, 0.05) is 25.6 Å². The fraction of sp³-hybridized carbons (Fsp3) is 0.346. The van der Waals surface area contributed by atoms with Crippen molar-refractivity contribution in [1.29, 1.82) is 0 Å². The molecule has 1 saturated heterocycles. The number of carbonyl (C=O) groups is 1. The number of methoxy groups -OCH3 is 1. The van der Waals surface area contributed by atoms with Gasteiger partial charge in [-0.1, -0.05) is 12.1 Å². The van der Waals surface area contributed by atoms with E-state index in [0.29, 0.717) is 58.9 Å². The van der Waals surface area contributed by atoms with Crippen molar-refractivity contribution in [2.24, 2.45) is 4.99 Å². The highest BCUT2D eigenvalue weighted by molar-refractivity contribution is 8.18. The molecule has 1 aromatic heterocycles. The number of carbonyl (C=O) groups excluding carboxylic acids is 1. The molecule has 1 atom stereocenters. The first kappa shape index (κ1) is 28.2. The van der Waals surface area contributed by atoms with Crippen molar-refractivity contribution in [3.05, 3.63) is 69.8 Å². The van der Waals surface area contributed by atoms with Gasteiger partial charge < -0.3 is 14.4 Å². The molecule has 7 nitrogen and oxygen atoms in total. The average Bonchev–Trinajstić information content (AvgIpc) is 3.46. The number of thioether (sulfide) groups is 1. The Hall–Kier alpha value is -3.36. The summed E-state index contributed by atoms with van der Waals surface area (Å²) in [6.07, 6.45) is -6.88. The van der Waals surface area contributed by atoms with E-state index in [1.165, 1.54) is 22.6 Å². The molecule has 2 aliphatic heterocycles. The molecule has 212 valence electrons. The molecule has 1 fully saturated rings. The van der Waals surface area contributed by atoms with Gasteiger partial charge in [-0.25, -0.2) is 0 Å². The molecule has 1 amide bonds. The summed E-state index contributed by atoms with van der Waals surface area (Å²) in [6, 6.07) is 6.60. The summed E-state index contributed by atoms with van der Waals surface area (Å²) in [7, 11) is 1.59. The van der Waals surface area contributed by atoms with Crippen LogP contribution in [0.15, 0.2) is 52.5 Å². The van der Waals surface area contributed by atoms with Crippen molar-refractivity contribution in [3.8, 4) is 0 Å². The van der Waals surface area contributed by atoms with Crippen LogP contribution in [0.25, 0.3) is 17.0 Å². The predicted molar refractivity (Wildman–Crippen MR) is 136 cm³/mol. The topological polar surface area (TPSA) is 69.0 Å². The first-order chi connectivity index (χ1) is 18.9. The number of benzene rings is 2. The number of halogens is 6. The summed E-state index contributed by atoms with van der Waals surface area (Å²) in [5.74, 6) is -0.382. The molecule has 1 unspecified atom stereocenters. The highest BCUT2D eigenvalue weighted by Gasteiger charge is 2.38. The molecule has 0 saturated carbocycles. The third-order valence-corrected chi connectivity index (χ3v) is 7.44. The predicted octanol–water partition coefficient (Wildman–Crippen LogP) is 5.44. The Morgan fingerprint density at radius 1 is 1.12 bits per heavy atom. The van der Waals surface area contributed by atoms with Crippen LogP contribution in [-0.4, -0.2) is 65.3 Å². The molecule has 3 aromatic rings. The molecule has 2 aliphatic rings. The molecule has 5 rings (SSSR count). The number of amidine groups is 1. The van der Waals surface area contributed by atoms with Crippen LogP contribution in [0.5, 0.6) is 0 Å². The molecule has 0 bridgehead atoms. The van der Waals surface area contributed by atoms with E-state index in [4.69, 9.17) is 9.47 Å². The molecule has 0 spiro atoms. The Morgan fingerprint density at radius 2 is 1.93 bits per heavy atom. The van der Waals surface area contributed by atoms with Gasteiger partial charge in [0.25, 0.3) is 5.91 Å². The minimum Gasteiger partial charge on any atom is -0.382 e. The van der Waals surface area contributed by atoms with E-state index in [1.807, 2.05) is 4.90 Å². The van der Waals surface area contributed by atoms with E-state index < -0.39 is 23.5 Å². The Bertz CT molecular complexity index is 1500. The second kappa shape index (κ2) is 10.9. The lowest BCUT2D eigenvalue weighted by Crippen LogP contribution is -2.46. The van der Waals surface area contributed by atoms with Gasteiger partial charge in [0.05, 0.1) is 53.6 Å². The molecule has 0 N–H and O–H groups in total. The summed E-state index contributed by atoms with van der Waals surface area (Å²) in [4.78, 5) is 19.1. The number of hydrogen-bond acceptors (Lipinski definition) is 6. The summed E-state index contributed by atoms with van der Waals surface area (Å²) in [6.45, 7) is 1.66. The van der Waals surface area contributed by atoms with Crippen LogP contribution >= 0.6 is 11.8 Å². The number of morpholine rings is 1. The number of rotatable bonds is 5. The van der Waals surface area contributed by atoms with Gasteiger partial charge in [-0.15, -0.1) is 0 Å². The van der Waals surface area contributed by atoms with Crippen molar-refractivity contribution in [2.45, 2.75) is 25.0 Å². The molecular weight excluding hydrogens is 562 g/mol. The van der Waals surface area contributed by atoms with Crippen molar-refractivity contribution >= 4 is 39.8 Å². The van der Waals surface area contributed by atoms with Gasteiger partial charge >= 0.3 is 12.4 Å². The fourth-order valence-electron chi connectivity index (χ4n) is 4.50. The average molecular weight is 585 g/mol. The Labute approximate surface area is 228 Å². The van der Waals surface area contributed by atoms with Gasteiger partial charge in [-0.3, -0.25) is 9.48 Å². The highest BCUT2D eigenvalue weighted by Crippen LogP contribution is 2.38. The summed E-state index contributed by atoms with van der Waals surface area (Å²) in [5.41, 5.74) is -1.94. The minimum atomic E-state index is -4.97. The third kappa shape index (κ3) is 6.03. The highest BCUT2D eigenvalue weighted by atomic mass is 32.2. The zero-order chi connectivity index (χ0) is 28.7. The standard InChI is InChI=1S/C26H22F6N4O3S/c1-38-14-19-13-35(6-7-39-19)24-34-23(37)22(40-24)9-15-2-5-21-17(8-15)11-33-36(21)12-16-3-4-18(25(27,28)29)10-20(16)26(30,31)32/h2-5,8-11,19H,6-7,12-14H2,1H3/b22-9+. The van der Waals surface area contributed by atoms with Gasteiger partial charge in [-0.05, 0) is 53.2 Å². The van der Waals surface area contributed by atoms with E-state index in [9.17, 15) is 31.1 Å². The lowest BCUT2D eigenvalue weighted by Gasteiger charge is -2.33. The molecule has 0 aliphatic carbocycles. The minimum absolute atomic E-state index is 0.118. The van der Waals surface area contributed by atoms with Gasteiger partial charge in [0.1, 0.15) is 0 Å². The van der Waals surface area contributed by atoms with Crippen LogP contribution in [0.2, 0.25) is 0 Å². The quantitative estimate of drug-likeness (QED) is 0.294. The number of aliphatic imine (C=N–C) groups is 1. The van der Waals surface area contributed by atoms with Crippen LogP contribution in [0.1, 0.15) is 22.3 Å². The number of alkyl halides is 6. The molecule has 0 radical (unpaired) electrons. The van der Waals surface area contributed by atoms with E-state index >= 15 is 0 Å². The zero-order valence-electron chi connectivity index (χ0n) is 20.9. The monoisotopic (exact) mass is 584 g/mol. The maximum atomic E-state index is 13.6. The number of ether oxygens (including phenoxy) is 2. The van der Waals surface area contributed by atoms with Crippen molar-refractivity contribution in [1.82, 2.24) is 14.7 Å². The Kier molecular flexibility index (Phi) is 7.68. The zero-order valence-corrected chi connectivity index (χ0v) is 21.7. The SMILES string of the molecule is COCC1CN(C2=NC(=O)/C(=C\c3ccc4c(cnn4Cc4ccc(C(F)(F)F)cc4C(F)(F)F)c3)S2)CCO1. The van der Waals surface area contributed by atoms with Crippen molar-refractivity contribution < 1.29 is 40.6 Å². The maximum absolute atomic E-state index is 13.6. The van der Waals surface area contributed by atoms with Crippen LogP contribution < -0.4 is 0 Å². The smallest absolute Gasteiger partial charge is 0.382 e. The largest absolute Gasteiger partial charge is 0.416 e. The lowest BCUT2D eigenvalue weighted by molar-refractivity contribution is -0.143. The lowest BCUT2D eigenvalue weighted by atomic mass is 10.0. The Morgan fingerprint density at radius 3 is 2.65 bits per heavy atom. The fourth-order valence-corrected chi connectivity index (χ4v) is 5.45. The molecule has 2 aromatic carbocycles. The number of nitrogens with zero attached hydrogens (tertiary/aromatic N) is 4. The molecule has 40 heavy (non-hydrogen) atoms. The number of hydrogen-bond donors (Lipinski definition) is 0. The van der Waals surface area contributed by atoms with E-state index in [1.54, 1.807) is 31.4 Å². The Balaban J connectivity index is 1.35. The van der Waals surface area contributed by atoms with Gasteiger partial charge in [0.15, 0.2) is 5.17 Å². The summed E-state index contributed by atoms with van der Waals surface area (Å²) >= 11 is 1.24. The third-order valence-electron chi connectivity index (χ3n) is 6.40. The van der Waals surface area contributed by atoms with Gasteiger partial charge in [-0.2, -0.15) is 36.4 Å². The second-order valence-corrected chi connectivity index (χ2v) is 10.2. The van der Waals surface area contributed by atoms with Crippen LogP contribution in [0.3, 0.4) is 0 Å². The number of amides is 1.